The molecule has 17 heavy (non-hydrogen) atoms. The molecule has 0 fully saturated rings. The predicted octanol–water partition coefficient (Wildman–Crippen LogP) is 3.55. The maximum atomic E-state index is 11.2. The molecule has 2 rings (SSSR count). The summed E-state index contributed by atoms with van der Waals surface area (Å²) in [5.41, 5.74) is 4.43. The molecule has 0 spiro atoms. The molecule has 1 aromatic heterocycles. The second-order valence-corrected chi connectivity index (χ2v) is 5.22. The zero-order chi connectivity index (χ0) is 12.4. The van der Waals surface area contributed by atoms with E-state index in [1.54, 1.807) is 18.3 Å². The number of aryl methyl sites for hydroxylation is 2. The van der Waals surface area contributed by atoms with Crippen molar-refractivity contribution in [3.8, 4) is 0 Å². The van der Waals surface area contributed by atoms with E-state index in [1.807, 2.05) is 5.38 Å². The molecule has 0 aliphatic rings. The molecule has 1 aromatic carbocycles. The van der Waals surface area contributed by atoms with E-state index in [-0.39, 0.29) is 5.78 Å². The topological polar surface area (TPSA) is 30.0 Å². The average Bonchev–Trinajstić information content (AvgIpc) is 2.72. The fourth-order valence-electron chi connectivity index (χ4n) is 1.64. The first-order chi connectivity index (χ1) is 8.06. The number of hydrogen-bond acceptors (Lipinski definition) is 3. The van der Waals surface area contributed by atoms with Crippen molar-refractivity contribution < 1.29 is 4.79 Å². The van der Waals surface area contributed by atoms with Gasteiger partial charge in [0.05, 0.1) is 5.01 Å². The highest BCUT2D eigenvalue weighted by atomic mass is 32.1. The Balaban J connectivity index is 2.19. The Kier molecular flexibility index (Phi) is 3.38. The van der Waals surface area contributed by atoms with Crippen LogP contribution in [0.15, 0.2) is 23.6 Å². The van der Waals surface area contributed by atoms with Crippen LogP contribution in [0.2, 0.25) is 0 Å². The number of carbonyl (C=O) groups is 1. The first kappa shape index (κ1) is 12.0. The van der Waals surface area contributed by atoms with E-state index in [0.717, 1.165) is 11.4 Å². The van der Waals surface area contributed by atoms with Crippen molar-refractivity contribution in [1.82, 2.24) is 4.98 Å². The molecular weight excluding hydrogens is 230 g/mol. The fourth-order valence-corrected chi connectivity index (χ4v) is 2.51. The van der Waals surface area contributed by atoms with Crippen molar-refractivity contribution in [3.63, 3.8) is 0 Å². The Bertz CT molecular complexity index is 557. The fraction of sp³-hybridized carbons (Fsp3) is 0.286. The summed E-state index contributed by atoms with van der Waals surface area (Å²) in [6.07, 6.45) is 0.805. The molecule has 0 aliphatic carbocycles. The number of thiazole rings is 1. The summed E-state index contributed by atoms with van der Waals surface area (Å²) in [5, 5.41) is 2.83. The summed E-state index contributed by atoms with van der Waals surface area (Å²) < 4.78 is 0. The normalized spacial score (nSPS) is 10.5. The van der Waals surface area contributed by atoms with Crippen LogP contribution in [0.3, 0.4) is 0 Å². The van der Waals surface area contributed by atoms with E-state index < -0.39 is 0 Å². The molecule has 0 amide bonds. The molecule has 0 radical (unpaired) electrons. The highest BCUT2D eigenvalue weighted by molar-refractivity contribution is 7.09. The van der Waals surface area contributed by atoms with Crippen LogP contribution < -0.4 is 0 Å². The van der Waals surface area contributed by atoms with Gasteiger partial charge < -0.3 is 0 Å². The van der Waals surface area contributed by atoms with E-state index in [0.29, 0.717) is 5.69 Å². The summed E-state index contributed by atoms with van der Waals surface area (Å²) in [6.45, 7) is 5.77. The van der Waals surface area contributed by atoms with Crippen LogP contribution >= 0.6 is 11.3 Å². The highest BCUT2D eigenvalue weighted by Crippen LogP contribution is 2.17. The lowest BCUT2D eigenvalue weighted by Crippen LogP contribution is -1.94. The van der Waals surface area contributed by atoms with E-state index in [4.69, 9.17) is 0 Å². The third-order valence-corrected chi connectivity index (χ3v) is 3.69. The minimum Gasteiger partial charge on any atom is -0.293 e. The molecular formula is C14H15NOS. The summed E-state index contributed by atoms with van der Waals surface area (Å²) in [5.74, 6) is 0.0348. The number of Topliss-reactive ketones (excluding diaryl/α,β-unsaturated/α-hetero) is 1. The molecule has 0 saturated carbocycles. The van der Waals surface area contributed by atoms with Crippen molar-refractivity contribution in [3.05, 3.63) is 51.0 Å². The lowest BCUT2D eigenvalue weighted by molar-refractivity contribution is 0.101. The van der Waals surface area contributed by atoms with E-state index in [2.05, 4.69) is 37.0 Å². The summed E-state index contributed by atoms with van der Waals surface area (Å²) in [7, 11) is 0. The second-order valence-electron chi connectivity index (χ2n) is 4.28. The third kappa shape index (κ3) is 2.80. The quantitative estimate of drug-likeness (QED) is 0.774. The van der Waals surface area contributed by atoms with Gasteiger partial charge in [0.1, 0.15) is 5.69 Å². The zero-order valence-electron chi connectivity index (χ0n) is 10.3. The van der Waals surface area contributed by atoms with Gasteiger partial charge in [0.2, 0.25) is 0 Å². The van der Waals surface area contributed by atoms with Crippen LogP contribution in [0.1, 0.15) is 39.1 Å². The molecule has 2 aromatic rings. The molecule has 88 valence electrons. The van der Waals surface area contributed by atoms with Crippen LogP contribution in [0.25, 0.3) is 0 Å². The Morgan fingerprint density at radius 2 is 2.06 bits per heavy atom. The number of carbonyl (C=O) groups excluding carboxylic acids is 1. The molecule has 0 unspecified atom stereocenters. The first-order valence-electron chi connectivity index (χ1n) is 5.57. The molecule has 0 saturated heterocycles. The number of hydrogen-bond donors (Lipinski definition) is 0. The number of ketones is 1. The average molecular weight is 245 g/mol. The standard InChI is InChI=1S/C14H15NOS/c1-9-4-5-12(6-10(9)2)7-14-15-13(8-17-14)11(3)16/h4-6,8H,7H2,1-3H3. The van der Waals surface area contributed by atoms with Crippen molar-refractivity contribution in [2.75, 3.05) is 0 Å². The lowest BCUT2D eigenvalue weighted by Gasteiger charge is -2.03. The molecule has 2 nitrogen and oxygen atoms in total. The third-order valence-electron chi connectivity index (χ3n) is 2.84. The van der Waals surface area contributed by atoms with Gasteiger partial charge in [0.15, 0.2) is 5.78 Å². The van der Waals surface area contributed by atoms with Gasteiger partial charge in [-0.3, -0.25) is 4.79 Å². The second kappa shape index (κ2) is 4.80. The molecule has 3 heteroatoms. The maximum Gasteiger partial charge on any atom is 0.178 e. The van der Waals surface area contributed by atoms with Crippen molar-refractivity contribution in [2.24, 2.45) is 0 Å². The Morgan fingerprint density at radius 3 is 2.65 bits per heavy atom. The number of rotatable bonds is 3. The molecule has 0 aliphatic heterocycles. The highest BCUT2D eigenvalue weighted by Gasteiger charge is 2.07. The summed E-state index contributed by atoms with van der Waals surface area (Å²) >= 11 is 1.55. The van der Waals surface area contributed by atoms with Gasteiger partial charge >= 0.3 is 0 Å². The monoisotopic (exact) mass is 245 g/mol. The van der Waals surface area contributed by atoms with Gasteiger partial charge in [-0.15, -0.1) is 11.3 Å². The smallest absolute Gasteiger partial charge is 0.178 e. The Labute approximate surface area is 105 Å². The molecule has 0 atom stereocenters. The first-order valence-corrected chi connectivity index (χ1v) is 6.45. The van der Waals surface area contributed by atoms with E-state index in [1.165, 1.54) is 16.7 Å². The van der Waals surface area contributed by atoms with E-state index >= 15 is 0 Å². The predicted molar refractivity (Wildman–Crippen MR) is 70.8 cm³/mol. The summed E-state index contributed by atoms with van der Waals surface area (Å²) in [6, 6.07) is 6.44. The van der Waals surface area contributed by atoms with Crippen LogP contribution in [0.5, 0.6) is 0 Å². The van der Waals surface area contributed by atoms with Crippen molar-refractivity contribution in [2.45, 2.75) is 27.2 Å². The summed E-state index contributed by atoms with van der Waals surface area (Å²) in [4.78, 5) is 15.5. The van der Waals surface area contributed by atoms with E-state index in [9.17, 15) is 4.79 Å². The van der Waals surface area contributed by atoms with Gasteiger partial charge in [0, 0.05) is 18.7 Å². The van der Waals surface area contributed by atoms with Crippen LogP contribution in [0.4, 0.5) is 0 Å². The van der Waals surface area contributed by atoms with Gasteiger partial charge in [0.25, 0.3) is 0 Å². The SMILES string of the molecule is CC(=O)c1csc(Cc2ccc(C)c(C)c2)n1. The van der Waals surface area contributed by atoms with Crippen LogP contribution in [-0.2, 0) is 6.42 Å². The van der Waals surface area contributed by atoms with Crippen LogP contribution in [0, 0.1) is 13.8 Å². The van der Waals surface area contributed by atoms with Crippen molar-refractivity contribution >= 4 is 17.1 Å². The van der Waals surface area contributed by atoms with Crippen LogP contribution in [-0.4, -0.2) is 10.8 Å². The van der Waals surface area contributed by atoms with Gasteiger partial charge in [-0.25, -0.2) is 4.98 Å². The molecule has 1 heterocycles. The zero-order valence-corrected chi connectivity index (χ0v) is 11.1. The van der Waals surface area contributed by atoms with Gasteiger partial charge in [-0.05, 0) is 30.5 Å². The number of benzene rings is 1. The molecule has 0 N–H and O–H groups in total. The maximum absolute atomic E-state index is 11.2. The molecule has 0 bridgehead atoms. The number of nitrogens with zero attached hydrogens (tertiary/aromatic N) is 1. The van der Waals surface area contributed by atoms with Gasteiger partial charge in [-0.1, -0.05) is 18.2 Å². The minimum atomic E-state index is 0.0348. The Morgan fingerprint density at radius 1 is 1.29 bits per heavy atom. The van der Waals surface area contributed by atoms with Gasteiger partial charge in [-0.2, -0.15) is 0 Å². The lowest BCUT2D eigenvalue weighted by atomic mass is 10.0. The van der Waals surface area contributed by atoms with Crippen molar-refractivity contribution in [1.29, 1.82) is 0 Å². The largest absolute Gasteiger partial charge is 0.293 e. The number of aromatic nitrogens is 1. The minimum absolute atomic E-state index is 0.0348. The Hall–Kier alpha value is -1.48.